The molecule has 1 atom stereocenters. The summed E-state index contributed by atoms with van der Waals surface area (Å²) in [6.07, 6.45) is 0. The summed E-state index contributed by atoms with van der Waals surface area (Å²) < 4.78 is 0. The minimum Gasteiger partial charge on any atom is -0.369 e. The van der Waals surface area contributed by atoms with Gasteiger partial charge in [0, 0.05) is 27.3 Å². The Hall–Kier alpha value is -3.51. The van der Waals surface area contributed by atoms with Crippen LogP contribution in [0.15, 0.2) is 84.0 Å². The maximum absolute atomic E-state index is 11.6. The van der Waals surface area contributed by atoms with E-state index >= 15 is 0 Å². The third kappa shape index (κ3) is 3.60. The fourth-order valence-corrected chi connectivity index (χ4v) is 2.69. The lowest BCUT2D eigenvalue weighted by Crippen LogP contribution is -2.25. The molecule has 0 saturated heterocycles. The Morgan fingerprint density at radius 2 is 1.58 bits per heavy atom. The van der Waals surface area contributed by atoms with Crippen molar-refractivity contribution in [1.82, 2.24) is 0 Å². The highest BCUT2D eigenvalue weighted by Crippen LogP contribution is 2.35. The van der Waals surface area contributed by atoms with Crippen molar-refractivity contribution in [1.29, 1.82) is 0 Å². The van der Waals surface area contributed by atoms with Gasteiger partial charge in [0.15, 0.2) is 5.60 Å². The number of nitrogens with zero attached hydrogens (tertiary/aromatic N) is 3. The molecule has 1 N–H and O–H groups in total. The predicted molar refractivity (Wildman–Crippen MR) is 103 cm³/mol. The average Bonchev–Trinajstić information content (AvgIpc) is 2.68. The first-order valence-corrected chi connectivity index (χ1v) is 8.16. The quantitative estimate of drug-likeness (QED) is 0.302. The molecule has 4 nitrogen and oxygen atoms in total. The molecule has 0 aliphatic rings. The van der Waals surface area contributed by atoms with Crippen LogP contribution in [0.25, 0.3) is 10.4 Å². The van der Waals surface area contributed by atoms with Gasteiger partial charge in [0.2, 0.25) is 0 Å². The molecule has 126 valence electrons. The highest BCUT2D eigenvalue weighted by atomic mass is 16.3. The van der Waals surface area contributed by atoms with Gasteiger partial charge in [-0.25, -0.2) is 0 Å². The SMILES string of the molecule is Cc1ccc(C(O)(C#Cc2ccccc2)c2ccccc2N=[N+]=[N-])cc1. The molecular formula is C22H17N3O. The Balaban J connectivity index is 2.22. The van der Waals surface area contributed by atoms with E-state index in [2.05, 4.69) is 21.9 Å². The highest BCUT2D eigenvalue weighted by Gasteiger charge is 2.31. The Bertz CT molecular complexity index is 1010. The number of hydrogen-bond acceptors (Lipinski definition) is 2. The number of rotatable bonds is 3. The zero-order chi connectivity index (χ0) is 18.4. The lowest BCUT2D eigenvalue weighted by atomic mass is 9.85. The van der Waals surface area contributed by atoms with Crippen LogP contribution in [0.3, 0.4) is 0 Å². The summed E-state index contributed by atoms with van der Waals surface area (Å²) in [5.74, 6) is 6.02. The molecule has 0 radical (unpaired) electrons. The van der Waals surface area contributed by atoms with E-state index in [-0.39, 0.29) is 0 Å². The molecule has 3 aromatic carbocycles. The minimum absolute atomic E-state index is 0.348. The number of azide groups is 1. The largest absolute Gasteiger partial charge is 0.369 e. The second-order valence-corrected chi connectivity index (χ2v) is 5.90. The van der Waals surface area contributed by atoms with Crippen LogP contribution in [-0.4, -0.2) is 5.11 Å². The molecule has 0 amide bonds. The molecule has 0 aliphatic carbocycles. The number of aliphatic hydroxyl groups is 1. The number of hydrogen-bond donors (Lipinski definition) is 1. The Morgan fingerprint density at radius 1 is 0.923 bits per heavy atom. The third-order valence-corrected chi connectivity index (χ3v) is 4.08. The van der Waals surface area contributed by atoms with Crippen LogP contribution in [0.4, 0.5) is 5.69 Å². The molecular weight excluding hydrogens is 322 g/mol. The second-order valence-electron chi connectivity index (χ2n) is 5.90. The standard InChI is InChI=1S/C22H17N3O/c1-17-11-13-19(14-12-17)22(26,16-15-18-7-3-2-4-8-18)20-9-5-6-10-21(20)24-25-23/h2-14,26H,1H3. The van der Waals surface area contributed by atoms with E-state index in [0.29, 0.717) is 16.8 Å². The molecule has 0 bridgehead atoms. The van der Waals surface area contributed by atoms with E-state index in [1.807, 2.05) is 61.5 Å². The van der Waals surface area contributed by atoms with Crippen molar-refractivity contribution < 1.29 is 5.11 Å². The smallest absolute Gasteiger partial charge is 0.177 e. The van der Waals surface area contributed by atoms with Gasteiger partial charge in [-0.3, -0.25) is 0 Å². The van der Waals surface area contributed by atoms with Crippen molar-refractivity contribution in [2.45, 2.75) is 12.5 Å². The lowest BCUT2D eigenvalue weighted by Gasteiger charge is -2.25. The maximum Gasteiger partial charge on any atom is 0.177 e. The van der Waals surface area contributed by atoms with Gasteiger partial charge < -0.3 is 5.11 Å². The number of benzene rings is 3. The minimum atomic E-state index is -1.60. The maximum atomic E-state index is 11.6. The fourth-order valence-electron chi connectivity index (χ4n) is 2.69. The molecule has 4 heteroatoms. The van der Waals surface area contributed by atoms with Crippen LogP contribution in [0, 0.1) is 18.8 Å². The van der Waals surface area contributed by atoms with Gasteiger partial charge >= 0.3 is 0 Å². The van der Waals surface area contributed by atoms with Crippen molar-refractivity contribution in [2.75, 3.05) is 0 Å². The van der Waals surface area contributed by atoms with Gasteiger partial charge in [-0.05, 0) is 24.6 Å². The van der Waals surface area contributed by atoms with Gasteiger partial charge in [0.1, 0.15) is 0 Å². The van der Waals surface area contributed by atoms with E-state index in [0.717, 1.165) is 11.1 Å². The van der Waals surface area contributed by atoms with E-state index in [1.165, 1.54) is 0 Å². The van der Waals surface area contributed by atoms with Crippen molar-refractivity contribution in [3.63, 3.8) is 0 Å². The van der Waals surface area contributed by atoms with Crippen molar-refractivity contribution in [3.8, 4) is 11.8 Å². The zero-order valence-corrected chi connectivity index (χ0v) is 14.3. The third-order valence-electron chi connectivity index (χ3n) is 4.08. The molecule has 0 saturated carbocycles. The van der Waals surface area contributed by atoms with Crippen LogP contribution in [0.5, 0.6) is 0 Å². The molecule has 0 fully saturated rings. The Kier molecular flexibility index (Phi) is 5.05. The zero-order valence-electron chi connectivity index (χ0n) is 14.3. The predicted octanol–water partition coefficient (Wildman–Crippen LogP) is 5.22. The summed E-state index contributed by atoms with van der Waals surface area (Å²) in [5, 5.41) is 15.3. The van der Waals surface area contributed by atoms with E-state index < -0.39 is 5.60 Å². The summed E-state index contributed by atoms with van der Waals surface area (Å²) in [4.78, 5) is 2.87. The lowest BCUT2D eigenvalue weighted by molar-refractivity contribution is 0.146. The summed E-state index contributed by atoms with van der Waals surface area (Å²) in [5.41, 5.74) is 10.5. The molecule has 0 aromatic heterocycles. The summed E-state index contributed by atoms with van der Waals surface area (Å²) in [6, 6.07) is 23.9. The Labute approximate surface area is 152 Å². The molecule has 26 heavy (non-hydrogen) atoms. The molecule has 3 rings (SSSR count). The summed E-state index contributed by atoms with van der Waals surface area (Å²) in [7, 11) is 0. The van der Waals surface area contributed by atoms with Crippen molar-refractivity contribution >= 4 is 5.69 Å². The van der Waals surface area contributed by atoms with Crippen LogP contribution < -0.4 is 0 Å². The van der Waals surface area contributed by atoms with Gasteiger partial charge in [-0.15, -0.1) is 0 Å². The normalized spacial score (nSPS) is 12.2. The highest BCUT2D eigenvalue weighted by molar-refractivity contribution is 5.58. The van der Waals surface area contributed by atoms with Crippen LogP contribution in [0.2, 0.25) is 0 Å². The Morgan fingerprint density at radius 3 is 2.27 bits per heavy atom. The second kappa shape index (κ2) is 7.58. The van der Waals surface area contributed by atoms with Crippen LogP contribution in [0.1, 0.15) is 22.3 Å². The first kappa shape index (κ1) is 17.3. The van der Waals surface area contributed by atoms with Crippen molar-refractivity contribution in [3.05, 3.63) is 112 Å². The molecule has 1 unspecified atom stereocenters. The molecule has 3 aromatic rings. The molecule has 0 spiro atoms. The van der Waals surface area contributed by atoms with E-state index in [1.54, 1.807) is 24.3 Å². The van der Waals surface area contributed by atoms with Gasteiger partial charge in [0.05, 0.1) is 0 Å². The monoisotopic (exact) mass is 339 g/mol. The summed E-state index contributed by atoms with van der Waals surface area (Å²) in [6.45, 7) is 1.98. The molecule has 0 heterocycles. The number of aryl methyl sites for hydroxylation is 1. The fraction of sp³-hybridized carbons (Fsp3) is 0.0909. The van der Waals surface area contributed by atoms with Gasteiger partial charge in [-0.1, -0.05) is 89.2 Å². The first-order chi connectivity index (χ1) is 12.6. The van der Waals surface area contributed by atoms with E-state index in [9.17, 15) is 5.11 Å². The summed E-state index contributed by atoms with van der Waals surface area (Å²) >= 11 is 0. The molecule has 0 aliphatic heterocycles. The van der Waals surface area contributed by atoms with Crippen molar-refractivity contribution in [2.24, 2.45) is 5.11 Å². The van der Waals surface area contributed by atoms with Crippen LogP contribution >= 0.6 is 0 Å². The van der Waals surface area contributed by atoms with Crippen LogP contribution in [-0.2, 0) is 5.60 Å². The average molecular weight is 339 g/mol. The van der Waals surface area contributed by atoms with Gasteiger partial charge in [0.25, 0.3) is 0 Å². The van der Waals surface area contributed by atoms with Gasteiger partial charge in [-0.2, -0.15) is 0 Å². The first-order valence-electron chi connectivity index (χ1n) is 8.16. The topological polar surface area (TPSA) is 69.0 Å². The van der Waals surface area contributed by atoms with E-state index in [4.69, 9.17) is 5.53 Å².